The summed E-state index contributed by atoms with van der Waals surface area (Å²) in [6.45, 7) is 4.20. The molecule has 0 fully saturated rings. The van der Waals surface area contributed by atoms with E-state index in [-0.39, 0.29) is 11.9 Å². The Bertz CT molecular complexity index is 568. The summed E-state index contributed by atoms with van der Waals surface area (Å²) in [5, 5.41) is 7.20. The molecule has 0 spiro atoms. The van der Waals surface area contributed by atoms with Gasteiger partial charge in [-0.05, 0) is 25.5 Å². The standard InChI is InChI=1S/C16H21N3OS/c1-3-13(2)19-15(9-11-17-19)18-16(20)10-12-21-14-7-5-4-6-8-14/h4-9,11,13H,3,10,12H2,1-2H3,(H,18,20). The maximum absolute atomic E-state index is 12.0. The van der Waals surface area contributed by atoms with Crippen LogP contribution in [0.5, 0.6) is 0 Å². The fourth-order valence-electron chi connectivity index (χ4n) is 1.92. The Balaban J connectivity index is 1.81. The van der Waals surface area contributed by atoms with E-state index in [0.717, 1.165) is 18.0 Å². The molecule has 1 atom stereocenters. The van der Waals surface area contributed by atoms with Gasteiger partial charge in [0.25, 0.3) is 0 Å². The van der Waals surface area contributed by atoms with Crippen LogP contribution < -0.4 is 5.32 Å². The maximum Gasteiger partial charge on any atom is 0.226 e. The molecule has 1 unspecified atom stereocenters. The number of carbonyl (C=O) groups is 1. The van der Waals surface area contributed by atoms with Gasteiger partial charge in [0, 0.05) is 23.1 Å². The average Bonchev–Trinajstić information content (AvgIpc) is 2.95. The minimum Gasteiger partial charge on any atom is -0.311 e. The third kappa shape index (κ3) is 4.63. The number of nitrogens with one attached hydrogen (secondary N) is 1. The van der Waals surface area contributed by atoms with E-state index in [1.165, 1.54) is 4.90 Å². The van der Waals surface area contributed by atoms with Crippen LogP contribution >= 0.6 is 11.8 Å². The number of hydrogen-bond donors (Lipinski definition) is 1. The van der Waals surface area contributed by atoms with Crippen molar-refractivity contribution in [3.05, 3.63) is 42.6 Å². The first-order valence-corrected chi connectivity index (χ1v) is 8.20. The molecule has 0 saturated carbocycles. The molecule has 0 bridgehead atoms. The van der Waals surface area contributed by atoms with Crippen LogP contribution in [0.1, 0.15) is 32.7 Å². The molecule has 2 rings (SSSR count). The first-order valence-electron chi connectivity index (χ1n) is 7.22. The summed E-state index contributed by atoms with van der Waals surface area (Å²) in [6, 6.07) is 12.2. The zero-order valence-corrected chi connectivity index (χ0v) is 13.3. The van der Waals surface area contributed by atoms with E-state index in [9.17, 15) is 4.79 Å². The summed E-state index contributed by atoms with van der Waals surface area (Å²) in [7, 11) is 0. The van der Waals surface area contributed by atoms with Gasteiger partial charge in [0.1, 0.15) is 5.82 Å². The molecule has 21 heavy (non-hydrogen) atoms. The highest BCUT2D eigenvalue weighted by molar-refractivity contribution is 7.99. The molecular weight excluding hydrogens is 282 g/mol. The predicted octanol–water partition coefficient (Wildman–Crippen LogP) is 3.98. The number of hydrogen-bond acceptors (Lipinski definition) is 3. The van der Waals surface area contributed by atoms with Crippen LogP contribution in [0.15, 0.2) is 47.5 Å². The third-order valence-corrected chi connectivity index (χ3v) is 4.30. The lowest BCUT2D eigenvalue weighted by molar-refractivity contribution is -0.115. The van der Waals surface area contributed by atoms with Crippen LogP contribution in [-0.4, -0.2) is 21.4 Å². The van der Waals surface area contributed by atoms with Gasteiger partial charge >= 0.3 is 0 Å². The summed E-state index contributed by atoms with van der Waals surface area (Å²) >= 11 is 1.69. The number of nitrogens with zero attached hydrogens (tertiary/aromatic N) is 2. The Hall–Kier alpha value is -1.75. The monoisotopic (exact) mass is 303 g/mol. The zero-order valence-electron chi connectivity index (χ0n) is 12.5. The highest BCUT2D eigenvalue weighted by atomic mass is 32.2. The second kappa shape index (κ2) is 7.88. The smallest absolute Gasteiger partial charge is 0.226 e. The fraction of sp³-hybridized carbons (Fsp3) is 0.375. The summed E-state index contributed by atoms with van der Waals surface area (Å²) in [4.78, 5) is 13.2. The molecule has 112 valence electrons. The van der Waals surface area contributed by atoms with Crippen molar-refractivity contribution in [2.45, 2.75) is 37.6 Å². The Morgan fingerprint density at radius 2 is 2.10 bits per heavy atom. The van der Waals surface area contributed by atoms with Gasteiger partial charge in [0.2, 0.25) is 5.91 Å². The van der Waals surface area contributed by atoms with Crippen molar-refractivity contribution < 1.29 is 4.79 Å². The molecule has 4 nitrogen and oxygen atoms in total. The van der Waals surface area contributed by atoms with Gasteiger partial charge < -0.3 is 5.32 Å². The summed E-state index contributed by atoms with van der Waals surface area (Å²) in [5.41, 5.74) is 0. The normalized spacial score (nSPS) is 12.1. The average molecular weight is 303 g/mol. The fourth-order valence-corrected chi connectivity index (χ4v) is 2.79. The molecule has 0 aliphatic heterocycles. The van der Waals surface area contributed by atoms with Crippen LogP contribution in [0.3, 0.4) is 0 Å². The van der Waals surface area contributed by atoms with Crippen molar-refractivity contribution in [1.29, 1.82) is 0 Å². The van der Waals surface area contributed by atoms with Gasteiger partial charge in [-0.25, -0.2) is 4.68 Å². The van der Waals surface area contributed by atoms with Crippen LogP contribution in [0.4, 0.5) is 5.82 Å². The van der Waals surface area contributed by atoms with E-state index in [1.54, 1.807) is 18.0 Å². The van der Waals surface area contributed by atoms with Crippen molar-refractivity contribution in [2.24, 2.45) is 0 Å². The number of benzene rings is 1. The lowest BCUT2D eigenvalue weighted by Crippen LogP contribution is -2.17. The van der Waals surface area contributed by atoms with Gasteiger partial charge in [0.05, 0.1) is 12.2 Å². The Kier molecular flexibility index (Phi) is 5.87. The molecule has 0 aliphatic rings. The first kappa shape index (κ1) is 15.6. The topological polar surface area (TPSA) is 46.9 Å². The van der Waals surface area contributed by atoms with Crippen LogP contribution in [0, 0.1) is 0 Å². The Labute approximate surface area is 129 Å². The van der Waals surface area contributed by atoms with Gasteiger partial charge in [-0.15, -0.1) is 11.8 Å². The Morgan fingerprint density at radius 1 is 1.33 bits per heavy atom. The molecule has 1 N–H and O–H groups in total. The van der Waals surface area contributed by atoms with Crippen molar-refractivity contribution >= 4 is 23.5 Å². The molecule has 0 saturated heterocycles. The van der Waals surface area contributed by atoms with Gasteiger partial charge in [-0.2, -0.15) is 5.10 Å². The van der Waals surface area contributed by atoms with Crippen molar-refractivity contribution in [3.8, 4) is 0 Å². The maximum atomic E-state index is 12.0. The number of rotatable bonds is 7. The summed E-state index contributed by atoms with van der Waals surface area (Å²) in [5.74, 6) is 1.58. The quantitative estimate of drug-likeness (QED) is 0.787. The lowest BCUT2D eigenvalue weighted by atomic mass is 10.3. The van der Waals surface area contributed by atoms with E-state index < -0.39 is 0 Å². The van der Waals surface area contributed by atoms with Crippen molar-refractivity contribution in [2.75, 3.05) is 11.1 Å². The molecule has 0 radical (unpaired) electrons. The predicted molar refractivity (Wildman–Crippen MR) is 87.6 cm³/mol. The molecule has 5 heteroatoms. The highest BCUT2D eigenvalue weighted by Gasteiger charge is 2.11. The minimum atomic E-state index is 0.0310. The summed E-state index contributed by atoms with van der Waals surface area (Å²) < 4.78 is 1.86. The SMILES string of the molecule is CCC(C)n1nccc1NC(=O)CCSc1ccccc1. The lowest BCUT2D eigenvalue weighted by Gasteiger charge is -2.14. The molecule has 1 aromatic carbocycles. The van der Waals surface area contributed by atoms with Crippen molar-refractivity contribution in [3.63, 3.8) is 0 Å². The third-order valence-electron chi connectivity index (χ3n) is 3.29. The van der Waals surface area contributed by atoms with Crippen LogP contribution in [-0.2, 0) is 4.79 Å². The molecule has 1 heterocycles. The van der Waals surface area contributed by atoms with E-state index in [0.29, 0.717) is 6.42 Å². The van der Waals surface area contributed by atoms with E-state index >= 15 is 0 Å². The number of carbonyl (C=O) groups excluding carboxylic acids is 1. The number of thioether (sulfide) groups is 1. The first-order chi connectivity index (χ1) is 10.2. The van der Waals surface area contributed by atoms with Gasteiger partial charge in [-0.1, -0.05) is 25.1 Å². The molecule has 1 amide bonds. The molecular formula is C16H21N3OS. The molecule has 2 aromatic rings. The van der Waals surface area contributed by atoms with Crippen molar-refractivity contribution in [1.82, 2.24) is 9.78 Å². The Morgan fingerprint density at radius 3 is 2.81 bits per heavy atom. The van der Waals surface area contributed by atoms with E-state index in [4.69, 9.17) is 0 Å². The molecule has 1 aromatic heterocycles. The minimum absolute atomic E-state index is 0.0310. The van der Waals surface area contributed by atoms with Gasteiger partial charge in [-0.3, -0.25) is 4.79 Å². The second-order valence-corrected chi connectivity index (χ2v) is 6.05. The second-order valence-electron chi connectivity index (χ2n) is 4.88. The van der Waals surface area contributed by atoms with E-state index in [1.807, 2.05) is 28.9 Å². The number of aromatic nitrogens is 2. The summed E-state index contributed by atoms with van der Waals surface area (Å²) in [6.07, 6.45) is 3.19. The van der Waals surface area contributed by atoms with Gasteiger partial charge in [0.15, 0.2) is 0 Å². The largest absolute Gasteiger partial charge is 0.311 e. The number of amides is 1. The zero-order chi connectivity index (χ0) is 15.1. The number of anilines is 1. The molecule has 0 aliphatic carbocycles. The van der Waals surface area contributed by atoms with E-state index in [2.05, 4.69) is 36.4 Å². The van der Waals surface area contributed by atoms with Crippen LogP contribution in [0.25, 0.3) is 0 Å². The van der Waals surface area contributed by atoms with Crippen LogP contribution in [0.2, 0.25) is 0 Å². The highest BCUT2D eigenvalue weighted by Crippen LogP contribution is 2.19.